The van der Waals surface area contributed by atoms with E-state index in [1.54, 1.807) is 0 Å². The van der Waals surface area contributed by atoms with Gasteiger partial charge < -0.3 is 5.32 Å². The molecule has 0 spiro atoms. The molecule has 2 heteroatoms. The molecule has 1 N–H and O–H groups in total. The predicted octanol–water partition coefficient (Wildman–Crippen LogP) is 2.41. The first kappa shape index (κ1) is 12.6. The highest BCUT2D eigenvalue weighted by Crippen LogP contribution is 2.19. The Morgan fingerprint density at radius 2 is 1.88 bits per heavy atom. The van der Waals surface area contributed by atoms with E-state index in [9.17, 15) is 0 Å². The molecule has 1 aromatic rings. The van der Waals surface area contributed by atoms with Crippen LogP contribution in [0.2, 0.25) is 0 Å². The number of benzene rings is 1. The standard InChI is InChI=1S/C15H24N2/c1-11-7-12(2)15(13(3)8-11)10-17-6-5-16-14(4)9-17/h7-8,14,16H,5-6,9-10H2,1-4H3/t14-/m0/s1. The Kier molecular flexibility index (Phi) is 3.85. The molecule has 1 fully saturated rings. The van der Waals surface area contributed by atoms with E-state index < -0.39 is 0 Å². The number of aryl methyl sites for hydroxylation is 3. The lowest BCUT2D eigenvalue weighted by Crippen LogP contribution is -2.48. The van der Waals surface area contributed by atoms with Gasteiger partial charge in [0, 0.05) is 32.2 Å². The normalized spacial score (nSPS) is 21.8. The number of rotatable bonds is 2. The van der Waals surface area contributed by atoms with E-state index in [4.69, 9.17) is 0 Å². The highest BCUT2D eigenvalue weighted by atomic mass is 15.2. The van der Waals surface area contributed by atoms with Gasteiger partial charge >= 0.3 is 0 Å². The first-order valence-electron chi connectivity index (χ1n) is 6.58. The minimum Gasteiger partial charge on any atom is -0.312 e. The van der Waals surface area contributed by atoms with Crippen LogP contribution in [0.25, 0.3) is 0 Å². The molecule has 0 unspecified atom stereocenters. The van der Waals surface area contributed by atoms with Crippen molar-refractivity contribution in [1.29, 1.82) is 0 Å². The fourth-order valence-electron chi connectivity index (χ4n) is 2.84. The summed E-state index contributed by atoms with van der Waals surface area (Å²) in [5.41, 5.74) is 5.77. The second-order valence-corrected chi connectivity index (χ2v) is 5.47. The first-order chi connectivity index (χ1) is 8.06. The maximum absolute atomic E-state index is 3.49. The third kappa shape index (κ3) is 3.08. The molecule has 0 aliphatic carbocycles. The van der Waals surface area contributed by atoms with Crippen molar-refractivity contribution in [1.82, 2.24) is 10.2 Å². The molecule has 1 heterocycles. The lowest BCUT2D eigenvalue weighted by Gasteiger charge is -2.32. The number of hydrogen-bond acceptors (Lipinski definition) is 2. The molecule has 1 aromatic carbocycles. The van der Waals surface area contributed by atoms with Crippen molar-refractivity contribution in [3.05, 3.63) is 34.4 Å². The predicted molar refractivity (Wildman–Crippen MR) is 73.4 cm³/mol. The minimum absolute atomic E-state index is 0.620. The molecular weight excluding hydrogens is 208 g/mol. The zero-order chi connectivity index (χ0) is 12.4. The lowest BCUT2D eigenvalue weighted by molar-refractivity contribution is 0.199. The van der Waals surface area contributed by atoms with Gasteiger partial charge in [-0.3, -0.25) is 4.90 Å². The Bertz CT molecular complexity index is 375. The van der Waals surface area contributed by atoms with E-state index in [0.29, 0.717) is 6.04 Å². The van der Waals surface area contributed by atoms with Gasteiger partial charge in [0.25, 0.3) is 0 Å². The van der Waals surface area contributed by atoms with Crippen LogP contribution in [-0.2, 0) is 6.54 Å². The zero-order valence-electron chi connectivity index (χ0n) is 11.5. The van der Waals surface area contributed by atoms with E-state index in [1.807, 2.05) is 0 Å². The Labute approximate surface area is 105 Å². The second-order valence-electron chi connectivity index (χ2n) is 5.47. The van der Waals surface area contributed by atoms with Crippen molar-refractivity contribution >= 4 is 0 Å². The lowest BCUT2D eigenvalue weighted by atomic mass is 9.99. The molecule has 1 saturated heterocycles. The summed E-state index contributed by atoms with van der Waals surface area (Å²) in [7, 11) is 0. The molecule has 0 aromatic heterocycles. The van der Waals surface area contributed by atoms with Gasteiger partial charge in [0.1, 0.15) is 0 Å². The number of nitrogens with one attached hydrogen (secondary N) is 1. The van der Waals surface area contributed by atoms with Crippen LogP contribution in [0.1, 0.15) is 29.2 Å². The summed E-state index contributed by atoms with van der Waals surface area (Å²) >= 11 is 0. The smallest absolute Gasteiger partial charge is 0.0240 e. The van der Waals surface area contributed by atoms with Gasteiger partial charge in [-0.15, -0.1) is 0 Å². The molecule has 0 amide bonds. The average Bonchev–Trinajstić information content (AvgIpc) is 2.23. The van der Waals surface area contributed by atoms with Crippen LogP contribution in [0, 0.1) is 20.8 Å². The van der Waals surface area contributed by atoms with Gasteiger partial charge in [-0.1, -0.05) is 17.7 Å². The summed E-state index contributed by atoms with van der Waals surface area (Å²) in [6.07, 6.45) is 0. The quantitative estimate of drug-likeness (QED) is 0.842. The molecule has 0 bridgehead atoms. The summed E-state index contributed by atoms with van der Waals surface area (Å²) in [6, 6.07) is 5.22. The summed E-state index contributed by atoms with van der Waals surface area (Å²) in [5, 5.41) is 3.49. The van der Waals surface area contributed by atoms with E-state index >= 15 is 0 Å². The van der Waals surface area contributed by atoms with Crippen LogP contribution in [0.3, 0.4) is 0 Å². The molecule has 0 saturated carbocycles. The van der Waals surface area contributed by atoms with Crippen LogP contribution < -0.4 is 5.32 Å². The third-order valence-corrected chi connectivity index (χ3v) is 3.67. The van der Waals surface area contributed by atoms with Gasteiger partial charge in [0.15, 0.2) is 0 Å². The van der Waals surface area contributed by atoms with Gasteiger partial charge in [-0.05, 0) is 44.4 Å². The number of hydrogen-bond donors (Lipinski definition) is 1. The molecule has 2 rings (SSSR count). The maximum atomic E-state index is 3.49. The monoisotopic (exact) mass is 232 g/mol. The largest absolute Gasteiger partial charge is 0.312 e. The highest BCUT2D eigenvalue weighted by Gasteiger charge is 2.17. The van der Waals surface area contributed by atoms with E-state index in [-0.39, 0.29) is 0 Å². The SMILES string of the molecule is Cc1cc(C)c(CN2CCN[C@@H](C)C2)c(C)c1. The van der Waals surface area contributed by atoms with Gasteiger partial charge in [-0.2, -0.15) is 0 Å². The Morgan fingerprint density at radius 1 is 1.24 bits per heavy atom. The molecule has 17 heavy (non-hydrogen) atoms. The molecule has 1 aliphatic rings. The summed E-state index contributed by atoms with van der Waals surface area (Å²) in [6.45, 7) is 13.5. The van der Waals surface area contributed by atoms with E-state index in [2.05, 4.69) is 50.0 Å². The van der Waals surface area contributed by atoms with Crippen LogP contribution in [0.4, 0.5) is 0 Å². The van der Waals surface area contributed by atoms with Crippen LogP contribution in [0.5, 0.6) is 0 Å². The Hall–Kier alpha value is -0.860. The van der Waals surface area contributed by atoms with Crippen molar-refractivity contribution in [3.8, 4) is 0 Å². The van der Waals surface area contributed by atoms with E-state index in [0.717, 1.165) is 26.2 Å². The van der Waals surface area contributed by atoms with Gasteiger partial charge in [0.05, 0.1) is 0 Å². The molecule has 2 nitrogen and oxygen atoms in total. The summed E-state index contributed by atoms with van der Waals surface area (Å²) in [4.78, 5) is 2.56. The Morgan fingerprint density at radius 3 is 2.47 bits per heavy atom. The van der Waals surface area contributed by atoms with Crippen molar-refractivity contribution in [2.45, 2.75) is 40.3 Å². The van der Waals surface area contributed by atoms with Crippen molar-refractivity contribution in [2.75, 3.05) is 19.6 Å². The average molecular weight is 232 g/mol. The van der Waals surface area contributed by atoms with E-state index in [1.165, 1.54) is 22.3 Å². The molecule has 0 radical (unpaired) electrons. The molecule has 1 aliphatic heterocycles. The summed E-state index contributed by atoms with van der Waals surface area (Å²) < 4.78 is 0. The second kappa shape index (κ2) is 5.19. The topological polar surface area (TPSA) is 15.3 Å². The number of nitrogens with zero attached hydrogens (tertiary/aromatic N) is 1. The van der Waals surface area contributed by atoms with Crippen LogP contribution in [-0.4, -0.2) is 30.6 Å². The van der Waals surface area contributed by atoms with Crippen molar-refractivity contribution < 1.29 is 0 Å². The molecular formula is C15H24N2. The van der Waals surface area contributed by atoms with Gasteiger partial charge in [-0.25, -0.2) is 0 Å². The Balaban J connectivity index is 2.12. The maximum Gasteiger partial charge on any atom is 0.0240 e. The first-order valence-corrected chi connectivity index (χ1v) is 6.58. The highest BCUT2D eigenvalue weighted by molar-refractivity contribution is 5.37. The van der Waals surface area contributed by atoms with Crippen molar-refractivity contribution in [2.24, 2.45) is 0 Å². The zero-order valence-corrected chi connectivity index (χ0v) is 11.5. The van der Waals surface area contributed by atoms with Gasteiger partial charge in [0.2, 0.25) is 0 Å². The van der Waals surface area contributed by atoms with Crippen LogP contribution in [0.15, 0.2) is 12.1 Å². The van der Waals surface area contributed by atoms with Crippen LogP contribution >= 0.6 is 0 Å². The summed E-state index contributed by atoms with van der Waals surface area (Å²) in [5.74, 6) is 0. The number of piperazine rings is 1. The molecule has 94 valence electrons. The fraction of sp³-hybridized carbons (Fsp3) is 0.600. The minimum atomic E-state index is 0.620. The third-order valence-electron chi connectivity index (χ3n) is 3.67. The van der Waals surface area contributed by atoms with Crippen molar-refractivity contribution in [3.63, 3.8) is 0 Å². The molecule has 1 atom stereocenters. The fourth-order valence-corrected chi connectivity index (χ4v) is 2.84.